The second-order valence-electron chi connectivity index (χ2n) is 5.78. The summed E-state index contributed by atoms with van der Waals surface area (Å²) in [5, 5.41) is 2.98. The largest absolute Gasteiger partial charge is 0.493 e. The molecule has 0 unspecified atom stereocenters. The van der Waals surface area contributed by atoms with E-state index >= 15 is 0 Å². The van der Waals surface area contributed by atoms with Crippen LogP contribution < -0.4 is 19.5 Å². The molecular weight excluding hydrogens is 380 g/mol. The molecule has 7 heteroatoms. The van der Waals surface area contributed by atoms with Crippen LogP contribution >= 0.6 is 11.6 Å². The molecule has 0 aliphatic heterocycles. The number of carbonyl (C=O) groups is 1. The molecule has 0 bridgehead atoms. The number of aromatic nitrogens is 1. The van der Waals surface area contributed by atoms with E-state index < -0.39 is 0 Å². The maximum absolute atomic E-state index is 12.6. The van der Waals surface area contributed by atoms with E-state index in [2.05, 4.69) is 10.3 Å². The second-order valence-corrected chi connectivity index (χ2v) is 6.17. The highest BCUT2D eigenvalue weighted by Gasteiger charge is 2.18. The van der Waals surface area contributed by atoms with Crippen LogP contribution in [-0.4, -0.2) is 25.1 Å². The van der Waals surface area contributed by atoms with Gasteiger partial charge in [-0.25, -0.2) is 4.98 Å². The summed E-state index contributed by atoms with van der Waals surface area (Å²) in [7, 11) is 3.01. The van der Waals surface area contributed by atoms with Crippen LogP contribution in [0.4, 0.5) is 5.82 Å². The van der Waals surface area contributed by atoms with Crippen LogP contribution in [0, 0.1) is 0 Å². The Morgan fingerprint density at radius 3 is 2.29 bits per heavy atom. The monoisotopic (exact) mass is 398 g/mol. The first-order valence-electron chi connectivity index (χ1n) is 8.47. The highest BCUT2D eigenvalue weighted by Crippen LogP contribution is 2.39. The SMILES string of the molecule is COc1cc(C(=O)Nc2cccc(Cl)n2)cc(OC)c1OCc1ccccc1. The van der Waals surface area contributed by atoms with E-state index in [-0.39, 0.29) is 11.1 Å². The van der Waals surface area contributed by atoms with Crippen molar-refractivity contribution < 1.29 is 19.0 Å². The van der Waals surface area contributed by atoms with E-state index in [0.29, 0.717) is 35.2 Å². The van der Waals surface area contributed by atoms with Gasteiger partial charge in [-0.2, -0.15) is 0 Å². The van der Waals surface area contributed by atoms with Gasteiger partial charge in [0.25, 0.3) is 5.91 Å². The number of nitrogens with one attached hydrogen (secondary N) is 1. The summed E-state index contributed by atoms with van der Waals surface area (Å²) in [6.45, 7) is 0.339. The van der Waals surface area contributed by atoms with Crippen molar-refractivity contribution in [3.05, 3.63) is 76.9 Å². The van der Waals surface area contributed by atoms with Gasteiger partial charge in [0, 0.05) is 5.56 Å². The molecule has 0 aliphatic carbocycles. The van der Waals surface area contributed by atoms with Crippen LogP contribution in [0.2, 0.25) is 5.15 Å². The number of amides is 1. The Balaban J connectivity index is 1.84. The van der Waals surface area contributed by atoms with Crippen LogP contribution in [0.1, 0.15) is 15.9 Å². The molecule has 3 rings (SSSR count). The summed E-state index contributed by atoms with van der Waals surface area (Å²) >= 11 is 5.86. The third-order valence-corrected chi connectivity index (χ3v) is 4.12. The Hall–Kier alpha value is -3.25. The molecule has 3 aromatic rings. The van der Waals surface area contributed by atoms with Gasteiger partial charge < -0.3 is 19.5 Å². The maximum atomic E-state index is 12.6. The molecule has 0 fully saturated rings. The smallest absolute Gasteiger partial charge is 0.257 e. The van der Waals surface area contributed by atoms with Crippen molar-refractivity contribution >= 4 is 23.3 Å². The Labute approximate surface area is 168 Å². The standard InChI is InChI=1S/C21H19ClN2O4/c1-26-16-11-15(21(25)24-19-10-6-9-18(22)23-19)12-17(27-2)20(16)28-13-14-7-4-3-5-8-14/h3-12H,13H2,1-2H3,(H,23,24,25). The lowest BCUT2D eigenvalue weighted by atomic mass is 10.1. The molecular formula is C21H19ClN2O4. The van der Waals surface area contributed by atoms with Gasteiger partial charge in [0.2, 0.25) is 5.75 Å². The number of methoxy groups -OCH3 is 2. The zero-order chi connectivity index (χ0) is 19.9. The van der Waals surface area contributed by atoms with Gasteiger partial charge in [0.05, 0.1) is 14.2 Å². The number of halogens is 1. The molecule has 6 nitrogen and oxygen atoms in total. The van der Waals surface area contributed by atoms with Crippen molar-refractivity contribution in [1.29, 1.82) is 0 Å². The normalized spacial score (nSPS) is 10.2. The van der Waals surface area contributed by atoms with Gasteiger partial charge in [-0.15, -0.1) is 0 Å². The van der Waals surface area contributed by atoms with Gasteiger partial charge >= 0.3 is 0 Å². The molecule has 0 saturated carbocycles. The molecule has 0 atom stereocenters. The highest BCUT2D eigenvalue weighted by molar-refractivity contribution is 6.29. The van der Waals surface area contributed by atoms with Crippen molar-refractivity contribution in [2.24, 2.45) is 0 Å². The summed E-state index contributed by atoms with van der Waals surface area (Å²) in [6.07, 6.45) is 0. The summed E-state index contributed by atoms with van der Waals surface area (Å²) in [6, 6.07) is 17.9. The first-order chi connectivity index (χ1) is 13.6. The number of pyridine rings is 1. The molecule has 0 saturated heterocycles. The number of hydrogen-bond donors (Lipinski definition) is 1. The van der Waals surface area contributed by atoms with Gasteiger partial charge in [0.15, 0.2) is 11.5 Å². The van der Waals surface area contributed by atoms with E-state index in [4.69, 9.17) is 25.8 Å². The Kier molecular flexibility index (Phi) is 6.34. The average Bonchev–Trinajstić information content (AvgIpc) is 2.72. The summed E-state index contributed by atoms with van der Waals surface area (Å²) < 4.78 is 16.7. The minimum atomic E-state index is -0.374. The summed E-state index contributed by atoms with van der Waals surface area (Å²) in [5.41, 5.74) is 1.34. The highest BCUT2D eigenvalue weighted by atomic mass is 35.5. The van der Waals surface area contributed by atoms with E-state index in [1.807, 2.05) is 30.3 Å². The van der Waals surface area contributed by atoms with Gasteiger partial charge in [-0.3, -0.25) is 4.79 Å². The molecule has 0 spiro atoms. The Morgan fingerprint density at radius 1 is 1.00 bits per heavy atom. The molecule has 28 heavy (non-hydrogen) atoms. The fraction of sp³-hybridized carbons (Fsp3) is 0.143. The maximum Gasteiger partial charge on any atom is 0.257 e. The molecule has 1 heterocycles. The van der Waals surface area contributed by atoms with Gasteiger partial charge in [-0.05, 0) is 29.8 Å². The first kappa shape index (κ1) is 19.5. The van der Waals surface area contributed by atoms with Crippen LogP contribution in [0.15, 0.2) is 60.7 Å². The number of carbonyl (C=O) groups excluding carboxylic acids is 1. The van der Waals surface area contributed by atoms with Crippen molar-refractivity contribution in [2.45, 2.75) is 6.61 Å². The summed E-state index contributed by atoms with van der Waals surface area (Å²) in [4.78, 5) is 16.7. The predicted molar refractivity (Wildman–Crippen MR) is 108 cm³/mol. The quantitative estimate of drug-likeness (QED) is 0.590. The van der Waals surface area contributed by atoms with Crippen LogP contribution in [0.25, 0.3) is 0 Å². The summed E-state index contributed by atoms with van der Waals surface area (Å²) in [5.74, 6) is 1.17. The molecule has 1 aromatic heterocycles. The van der Waals surface area contributed by atoms with Crippen LogP contribution in [-0.2, 0) is 6.61 Å². The zero-order valence-corrected chi connectivity index (χ0v) is 16.2. The molecule has 0 radical (unpaired) electrons. The lowest BCUT2D eigenvalue weighted by molar-refractivity contribution is 0.102. The molecule has 144 valence electrons. The van der Waals surface area contributed by atoms with E-state index in [0.717, 1.165) is 5.56 Å². The van der Waals surface area contributed by atoms with Crippen molar-refractivity contribution in [1.82, 2.24) is 4.98 Å². The van der Waals surface area contributed by atoms with Crippen molar-refractivity contribution in [2.75, 3.05) is 19.5 Å². The third-order valence-electron chi connectivity index (χ3n) is 3.91. The number of anilines is 1. The minimum Gasteiger partial charge on any atom is -0.493 e. The Morgan fingerprint density at radius 2 is 1.68 bits per heavy atom. The van der Waals surface area contributed by atoms with E-state index in [9.17, 15) is 4.79 Å². The van der Waals surface area contributed by atoms with Crippen LogP contribution in [0.3, 0.4) is 0 Å². The zero-order valence-electron chi connectivity index (χ0n) is 15.4. The molecule has 1 N–H and O–H groups in total. The average molecular weight is 399 g/mol. The van der Waals surface area contributed by atoms with Crippen LogP contribution in [0.5, 0.6) is 17.2 Å². The Bertz CT molecular complexity index is 939. The number of benzene rings is 2. The fourth-order valence-electron chi connectivity index (χ4n) is 2.55. The second kappa shape index (κ2) is 9.10. The van der Waals surface area contributed by atoms with E-state index in [1.165, 1.54) is 14.2 Å². The number of hydrogen-bond acceptors (Lipinski definition) is 5. The molecule has 2 aromatic carbocycles. The third kappa shape index (κ3) is 4.72. The fourth-order valence-corrected chi connectivity index (χ4v) is 2.71. The molecule has 1 amide bonds. The van der Waals surface area contributed by atoms with E-state index in [1.54, 1.807) is 30.3 Å². The topological polar surface area (TPSA) is 69.7 Å². The van der Waals surface area contributed by atoms with Gasteiger partial charge in [-0.1, -0.05) is 48.0 Å². The van der Waals surface area contributed by atoms with Crippen molar-refractivity contribution in [3.8, 4) is 17.2 Å². The van der Waals surface area contributed by atoms with Gasteiger partial charge in [0.1, 0.15) is 17.6 Å². The lowest BCUT2D eigenvalue weighted by Crippen LogP contribution is -2.13. The lowest BCUT2D eigenvalue weighted by Gasteiger charge is -2.16. The minimum absolute atomic E-state index is 0.289. The number of rotatable bonds is 7. The molecule has 0 aliphatic rings. The first-order valence-corrected chi connectivity index (χ1v) is 8.85. The predicted octanol–water partition coefficient (Wildman–Crippen LogP) is 4.58. The number of nitrogens with zero attached hydrogens (tertiary/aromatic N) is 1. The number of ether oxygens (including phenoxy) is 3. The van der Waals surface area contributed by atoms with Crippen molar-refractivity contribution in [3.63, 3.8) is 0 Å².